The highest BCUT2D eigenvalue weighted by molar-refractivity contribution is 5.14. The Morgan fingerprint density at radius 3 is 2.90 bits per heavy atom. The molecule has 1 heteroatoms. The topological polar surface area (TPSA) is 20.2 Å². The molecule has 0 atom stereocenters. The van der Waals surface area contributed by atoms with Gasteiger partial charge in [-0.05, 0) is 12.5 Å². The summed E-state index contributed by atoms with van der Waals surface area (Å²) in [5, 5.41) is 8.31. The summed E-state index contributed by atoms with van der Waals surface area (Å²) in [5.74, 6) is 5.80. The van der Waals surface area contributed by atoms with Crippen LogP contribution >= 0.6 is 0 Å². The Morgan fingerprint density at radius 1 is 1.50 bits per heavy atom. The normalized spacial score (nSPS) is 9.40. The van der Waals surface area contributed by atoms with Crippen molar-refractivity contribution in [2.24, 2.45) is 0 Å². The minimum absolute atomic E-state index is 0.0858. The first-order valence-corrected chi connectivity index (χ1v) is 3.66. The molecule has 56 valence electrons. The minimum atomic E-state index is 0.0858. The zero-order valence-corrected chi connectivity index (χ0v) is 6.43. The molecule has 0 saturated carbocycles. The molecule has 0 spiro atoms. The number of hydrogen-bond donors (Lipinski definition) is 1. The standard InChI is InChI=1S/C9H14O/c1-2-3-4-5-6-7-8-9-10/h7-8,10H,2-4,9H2,1H3/b8-7-. The van der Waals surface area contributed by atoms with Gasteiger partial charge in [0.1, 0.15) is 0 Å². The Kier molecular flexibility index (Phi) is 7.65. The van der Waals surface area contributed by atoms with Crippen LogP contribution in [-0.4, -0.2) is 11.7 Å². The second-order valence-electron chi connectivity index (χ2n) is 2.01. The summed E-state index contributed by atoms with van der Waals surface area (Å²) in [4.78, 5) is 0. The number of aliphatic hydroxyl groups is 1. The van der Waals surface area contributed by atoms with E-state index in [-0.39, 0.29) is 6.61 Å². The van der Waals surface area contributed by atoms with Crippen molar-refractivity contribution in [1.82, 2.24) is 0 Å². The first-order chi connectivity index (χ1) is 4.91. The van der Waals surface area contributed by atoms with Crippen LogP contribution in [0.1, 0.15) is 26.2 Å². The Hall–Kier alpha value is -0.740. The van der Waals surface area contributed by atoms with Crippen molar-refractivity contribution in [2.45, 2.75) is 26.2 Å². The third-order valence-corrected chi connectivity index (χ3v) is 1.06. The molecule has 0 aromatic carbocycles. The smallest absolute Gasteiger partial charge is 0.0621 e. The van der Waals surface area contributed by atoms with Crippen LogP contribution in [0.2, 0.25) is 0 Å². The summed E-state index contributed by atoms with van der Waals surface area (Å²) in [6, 6.07) is 0. The molecule has 0 saturated heterocycles. The molecule has 0 bridgehead atoms. The Bertz CT molecular complexity index is 137. The fourth-order valence-corrected chi connectivity index (χ4v) is 0.508. The summed E-state index contributed by atoms with van der Waals surface area (Å²) in [5.41, 5.74) is 0. The average Bonchev–Trinajstić information content (AvgIpc) is 1.97. The van der Waals surface area contributed by atoms with Gasteiger partial charge in [0, 0.05) is 6.42 Å². The predicted molar refractivity (Wildman–Crippen MR) is 43.5 cm³/mol. The van der Waals surface area contributed by atoms with Gasteiger partial charge in [0.2, 0.25) is 0 Å². The second-order valence-corrected chi connectivity index (χ2v) is 2.01. The Labute approximate surface area is 62.8 Å². The highest BCUT2D eigenvalue weighted by Crippen LogP contribution is 1.89. The van der Waals surface area contributed by atoms with Crippen molar-refractivity contribution in [2.75, 3.05) is 6.61 Å². The number of unbranched alkanes of at least 4 members (excludes halogenated alkanes) is 2. The van der Waals surface area contributed by atoms with E-state index in [1.807, 2.05) is 0 Å². The van der Waals surface area contributed by atoms with Gasteiger partial charge in [-0.15, -0.1) is 0 Å². The van der Waals surface area contributed by atoms with Gasteiger partial charge in [0.15, 0.2) is 0 Å². The molecule has 0 aliphatic carbocycles. The van der Waals surface area contributed by atoms with Crippen LogP contribution in [0.4, 0.5) is 0 Å². The van der Waals surface area contributed by atoms with Crippen LogP contribution < -0.4 is 0 Å². The molecular formula is C9H14O. The van der Waals surface area contributed by atoms with Gasteiger partial charge >= 0.3 is 0 Å². The lowest BCUT2D eigenvalue weighted by atomic mass is 10.2. The third-order valence-electron chi connectivity index (χ3n) is 1.06. The Balaban J connectivity index is 3.22. The zero-order chi connectivity index (χ0) is 7.66. The van der Waals surface area contributed by atoms with E-state index in [0.29, 0.717) is 0 Å². The number of allylic oxidation sites excluding steroid dienone is 1. The molecule has 0 aromatic rings. The van der Waals surface area contributed by atoms with E-state index in [1.54, 1.807) is 12.2 Å². The Morgan fingerprint density at radius 2 is 2.30 bits per heavy atom. The number of aliphatic hydroxyl groups excluding tert-OH is 1. The third kappa shape index (κ3) is 7.26. The molecule has 0 radical (unpaired) electrons. The fraction of sp³-hybridized carbons (Fsp3) is 0.556. The van der Waals surface area contributed by atoms with Crippen molar-refractivity contribution < 1.29 is 5.11 Å². The van der Waals surface area contributed by atoms with Gasteiger partial charge in [0.25, 0.3) is 0 Å². The molecular weight excluding hydrogens is 124 g/mol. The van der Waals surface area contributed by atoms with E-state index in [2.05, 4.69) is 18.8 Å². The van der Waals surface area contributed by atoms with Gasteiger partial charge in [-0.2, -0.15) is 0 Å². The zero-order valence-electron chi connectivity index (χ0n) is 6.43. The van der Waals surface area contributed by atoms with Crippen molar-refractivity contribution in [1.29, 1.82) is 0 Å². The molecule has 0 fully saturated rings. The summed E-state index contributed by atoms with van der Waals surface area (Å²) in [6.07, 6.45) is 6.65. The summed E-state index contributed by atoms with van der Waals surface area (Å²) < 4.78 is 0. The molecule has 0 amide bonds. The minimum Gasteiger partial charge on any atom is -0.392 e. The number of rotatable bonds is 3. The molecule has 0 rings (SSSR count). The summed E-state index contributed by atoms with van der Waals surface area (Å²) >= 11 is 0. The summed E-state index contributed by atoms with van der Waals surface area (Å²) in [7, 11) is 0. The first kappa shape index (κ1) is 9.26. The molecule has 1 N–H and O–H groups in total. The van der Waals surface area contributed by atoms with Crippen molar-refractivity contribution in [3.8, 4) is 11.8 Å². The van der Waals surface area contributed by atoms with Crippen LogP contribution in [0.5, 0.6) is 0 Å². The lowest BCUT2D eigenvalue weighted by Crippen LogP contribution is -1.69. The SMILES string of the molecule is CCCCC#C/C=C\CO. The fourth-order valence-electron chi connectivity index (χ4n) is 0.508. The molecule has 0 unspecified atom stereocenters. The van der Waals surface area contributed by atoms with Crippen LogP contribution in [0.15, 0.2) is 12.2 Å². The highest BCUT2D eigenvalue weighted by Gasteiger charge is 1.73. The van der Waals surface area contributed by atoms with E-state index in [1.165, 1.54) is 12.8 Å². The van der Waals surface area contributed by atoms with Crippen molar-refractivity contribution in [3.05, 3.63) is 12.2 Å². The van der Waals surface area contributed by atoms with E-state index in [0.717, 1.165) is 6.42 Å². The monoisotopic (exact) mass is 138 g/mol. The van der Waals surface area contributed by atoms with Gasteiger partial charge in [-0.1, -0.05) is 31.3 Å². The average molecular weight is 138 g/mol. The van der Waals surface area contributed by atoms with E-state index < -0.39 is 0 Å². The molecule has 0 aliphatic heterocycles. The van der Waals surface area contributed by atoms with Crippen LogP contribution in [0.25, 0.3) is 0 Å². The first-order valence-electron chi connectivity index (χ1n) is 3.66. The van der Waals surface area contributed by atoms with Crippen LogP contribution in [0, 0.1) is 11.8 Å². The molecule has 0 aliphatic rings. The van der Waals surface area contributed by atoms with Crippen molar-refractivity contribution in [3.63, 3.8) is 0 Å². The maximum absolute atomic E-state index is 8.31. The lowest BCUT2D eigenvalue weighted by molar-refractivity contribution is 0.343. The van der Waals surface area contributed by atoms with Gasteiger partial charge < -0.3 is 5.11 Å². The maximum atomic E-state index is 8.31. The van der Waals surface area contributed by atoms with Gasteiger partial charge in [-0.25, -0.2) is 0 Å². The molecule has 10 heavy (non-hydrogen) atoms. The van der Waals surface area contributed by atoms with Crippen LogP contribution in [0.3, 0.4) is 0 Å². The second kappa shape index (κ2) is 8.26. The van der Waals surface area contributed by atoms with Gasteiger partial charge in [0.05, 0.1) is 6.61 Å². The largest absolute Gasteiger partial charge is 0.392 e. The van der Waals surface area contributed by atoms with E-state index in [9.17, 15) is 0 Å². The number of hydrogen-bond acceptors (Lipinski definition) is 1. The highest BCUT2D eigenvalue weighted by atomic mass is 16.2. The van der Waals surface area contributed by atoms with E-state index >= 15 is 0 Å². The van der Waals surface area contributed by atoms with E-state index in [4.69, 9.17) is 5.11 Å². The predicted octanol–water partition coefficient (Wildman–Crippen LogP) is 1.73. The molecule has 0 aromatic heterocycles. The molecule has 0 heterocycles. The van der Waals surface area contributed by atoms with Crippen LogP contribution in [-0.2, 0) is 0 Å². The van der Waals surface area contributed by atoms with Gasteiger partial charge in [-0.3, -0.25) is 0 Å². The maximum Gasteiger partial charge on any atom is 0.0621 e. The molecule has 1 nitrogen and oxygen atoms in total. The quantitative estimate of drug-likeness (QED) is 0.465. The lowest BCUT2D eigenvalue weighted by Gasteiger charge is -1.81. The van der Waals surface area contributed by atoms with Crippen molar-refractivity contribution >= 4 is 0 Å². The summed E-state index contributed by atoms with van der Waals surface area (Å²) in [6.45, 7) is 2.23.